The lowest BCUT2D eigenvalue weighted by Gasteiger charge is -2.07. The molecule has 2 aromatic rings. The van der Waals surface area contributed by atoms with Gasteiger partial charge in [0.05, 0.1) is 10.6 Å². The number of anilines is 1. The summed E-state index contributed by atoms with van der Waals surface area (Å²) in [7, 11) is 0. The highest BCUT2D eigenvalue weighted by atomic mass is 32.2. The Morgan fingerprint density at radius 1 is 1.47 bits per heavy atom. The monoisotopic (exact) mass is 265 g/mol. The molecule has 1 aliphatic heterocycles. The van der Waals surface area contributed by atoms with Crippen LogP contribution in [0.2, 0.25) is 0 Å². The Morgan fingerprint density at radius 3 is 3.06 bits per heavy atom. The number of thioether (sulfide) groups is 1. The molecular weight excluding hydrogens is 250 g/mol. The molecule has 1 fully saturated rings. The Hall–Kier alpha value is -0.810. The number of aryl methyl sites for hydroxylation is 1. The normalized spacial score (nSPS) is 20.2. The molecule has 0 aromatic carbocycles. The van der Waals surface area contributed by atoms with Gasteiger partial charge in [-0.2, -0.15) is 11.8 Å². The molecule has 0 aliphatic carbocycles. The zero-order valence-electron chi connectivity index (χ0n) is 9.77. The first-order valence-corrected chi connectivity index (χ1v) is 7.82. The van der Waals surface area contributed by atoms with Crippen LogP contribution in [-0.2, 0) is 6.42 Å². The van der Waals surface area contributed by atoms with Crippen molar-refractivity contribution in [1.82, 2.24) is 9.97 Å². The molecule has 1 saturated heterocycles. The van der Waals surface area contributed by atoms with Crippen LogP contribution in [0.3, 0.4) is 0 Å². The summed E-state index contributed by atoms with van der Waals surface area (Å²) in [5.74, 6) is 2.80. The van der Waals surface area contributed by atoms with Crippen molar-refractivity contribution in [2.45, 2.75) is 31.4 Å². The highest BCUT2D eigenvalue weighted by Crippen LogP contribution is 2.39. The van der Waals surface area contributed by atoms with Crippen LogP contribution in [0.25, 0.3) is 10.2 Å². The van der Waals surface area contributed by atoms with Gasteiger partial charge in [0.2, 0.25) is 0 Å². The molecule has 0 saturated carbocycles. The van der Waals surface area contributed by atoms with E-state index in [1.165, 1.54) is 23.5 Å². The van der Waals surface area contributed by atoms with E-state index in [-0.39, 0.29) is 0 Å². The Bertz CT molecular complexity index is 544. The number of hydrogen-bond acceptors (Lipinski definition) is 5. The zero-order valence-corrected chi connectivity index (χ0v) is 11.4. The van der Waals surface area contributed by atoms with Gasteiger partial charge in [-0.25, -0.2) is 9.97 Å². The maximum absolute atomic E-state index is 6.04. The lowest BCUT2D eigenvalue weighted by molar-refractivity contribution is 0.785. The Labute approximate surface area is 109 Å². The fourth-order valence-electron chi connectivity index (χ4n) is 2.11. The summed E-state index contributed by atoms with van der Waals surface area (Å²) >= 11 is 3.69. The lowest BCUT2D eigenvalue weighted by atomic mass is 10.2. The summed E-state index contributed by atoms with van der Waals surface area (Å²) in [5, 5.41) is 1.48. The predicted octanol–water partition coefficient (Wildman–Crippen LogP) is 3.40. The van der Waals surface area contributed by atoms with E-state index in [1.807, 2.05) is 11.8 Å². The summed E-state index contributed by atoms with van der Waals surface area (Å²) in [6, 6.07) is 2.13. The molecule has 1 aliphatic rings. The first kappa shape index (κ1) is 11.3. The Morgan fingerprint density at radius 2 is 2.35 bits per heavy atom. The third-order valence-electron chi connectivity index (χ3n) is 3.06. The molecule has 3 nitrogen and oxygen atoms in total. The summed E-state index contributed by atoms with van der Waals surface area (Å²) in [6.07, 6.45) is 3.48. The average Bonchev–Trinajstić information content (AvgIpc) is 2.97. The van der Waals surface area contributed by atoms with Gasteiger partial charge < -0.3 is 5.73 Å². The highest BCUT2D eigenvalue weighted by Gasteiger charge is 2.22. The van der Waals surface area contributed by atoms with Crippen molar-refractivity contribution in [2.24, 2.45) is 0 Å². The maximum Gasteiger partial charge on any atom is 0.145 e. The van der Waals surface area contributed by atoms with Crippen LogP contribution < -0.4 is 5.73 Å². The third-order valence-corrected chi connectivity index (χ3v) is 5.60. The Kier molecular flexibility index (Phi) is 2.96. The molecule has 5 heteroatoms. The van der Waals surface area contributed by atoms with Gasteiger partial charge in [-0.05, 0) is 31.1 Å². The minimum Gasteiger partial charge on any atom is -0.383 e. The van der Waals surface area contributed by atoms with Crippen molar-refractivity contribution >= 4 is 39.1 Å². The van der Waals surface area contributed by atoms with Crippen LogP contribution in [0, 0.1) is 0 Å². The molecule has 3 rings (SSSR count). The number of thiophene rings is 1. The molecule has 0 spiro atoms. The molecule has 90 valence electrons. The average molecular weight is 265 g/mol. The van der Waals surface area contributed by atoms with Crippen molar-refractivity contribution in [1.29, 1.82) is 0 Å². The van der Waals surface area contributed by atoms with Crippen LogP contribution in [0.4, 0.5) is 5.82 Å². The van der Waals surface area contributed by atoms with Crippen LogP contribution in [0.1, 0.15) is 35.7 Å². The van der Waals surface area contributed by atoms with E-state index >= 15 is 0 Å². The van der Waals surface area contributed by atoms with Gasteiger partial charge in [-0.15, -0.1) is 11.3 Å². The number of fused-ring (bicyclic) bond motifs is 1. The van der Waals surface area contributed by atoms with Gasteiger partial charge in [0.15, 0.2) is 0 Å². The third kappa shape index (κ3) is 2.02. The van der Waals surface area contributed by atoms with E-state index in [0.29, 0.717) is 11.1 Å². The smallest absolute Gasteiger partial charge is 0.145 e. The maximum atomic E-state index is 6.04. The minimum absolute atomic E-state index is 0.453. The number of rotatable bonds is 2. The van der Waals surface area contributed by atoms with Gasteiger partial charge in [0.25, 0.3) is 0 Å². The van der Waals surface area contributed by atoms with Crippen LogP contribution in [0.5, 0.6) is 0 Å². The van der Waals surface area contributed by atoms with Gasteiger partial charge in [0, 0.05) is 4.88 Å². The fourth-order valence-corrected chi connectivity index (χ4v) is 4.30. The number of nitrogens with zero attached hydrogens (tertiary/aromatic N) is 2. The molecule has 0 radical (unpaired) electrons. The quantitative estimate of drug-likeness (QED) is 0.904. The van der Waals surface area contributed by atoms with Crippen molar-refractivity contribution in [3.63, 3.8) is 0 Å². The van der Waals surface area contributed by atoms with Gasteiger partial charge >= 0.3 is 0 Å². The van der Waals surface area contributed by atoms with Gasteiger partial charge in [-0.1, -0.05) is 6.92 Å². The number of hydrogen-bond donors (Lipinski definition) is 1. The first-order chi connectivity index (χ1) is 8.28. The lowest BCUT2D eigenvalue weighted by Crippen LogP contribution is -2.01. The summed E-state index contributed by atoms with van der Waals surface area (Å²) in [4.78, 5) is 11.6. The van der Waals surface area contributed by atoms with Crippen LogP contribution in [0.15, 0.2) is 6.07 Å². The molecule has 0 amide bonds. The summed E-state index contributed by atoms with van der Waals surface area (Å²) < 4.78 is 0. The van der Waals surface area contributed by atoms with Crippen molar-refractivity contribution in [3.8, 4) is 0 Å². The molecule has 1 unspecified atom stereocenters. The standard InChI is InChI=1S/C12H15N3S2/c1-2-7-6-8-10(13)14-11(15-12(8)17-7)9-4-3-5-16-9/h6,9H,2-5H2,1H3,(H2,13,14,15). The second-order valence-electron chi connectivity index (χ2n) is 4.25. The Balaban J connectivity index is 2.09. The number of nitrogen functional groups attached to an aromatic ring is 1. The van der Waals surface area contributed by atoms with Crippen molar-refractivity contribution < 1.29 is 0 Å². The molecule has 1 atom stereocenters. The van der Waals surface area contributed by atoms with E-state index in [2.05, 4.69) is 18.0 Å². The minimum atomic E-state index is 0.453. The second-order valence-corrected chi connectivity index (χ2v) is 6.68. The van der Waals surface area contributed by atoms with E-state index in [1.54, 1.807) is 11.3 Å². The number of aromatic nitrogens is 2. The molecule has 17 heavy (non-hydrogen) atoms. The topological polar surface area (TPSA) is 51.8 Å². The van der Waals surface area contributed by atoms with Crippen molar-refractivity contribution in [3.05, 3.63) is 16.8 Å². The van der Waals surface area contributed by atoms with Gasteiger partial charge in [-0.3, -0.25) is 0 Å². The SMILES string of the molecule is CCc1cc2c(N)nc(C3CCCS3)nc2s1. The van der Waals surface area contributed by atoms with E-state index in [4.69, 9.17) is 10.7 Å². The zero-order chi connectivity index (χ0) is 11.8. The molecule has 0 bridgehead atoms. The largest absolute Gasteiger partial charge is 0.383 e. The van der Waals surface area contributed by atoms with Crippen molar-refractivity contribution in [2.75, 3.05) is 11.5 Å². The van der Waals surface area contributed by atoms with Crippen LogP contribution in [-0.4, -0.2) is 15.7 Å². The highest BCUT2D eigenvalue weighted by molar-refractivity contribution is 7.99. The second kappa shape index (κ2) is 4.46. The molecular formula is C12H15N3S2. The predicted molar refractivity (Wildman–Crippen MR) is 75.6 cm³/mol. The summed E-state index contributed by atoms with van der Waals surface area (Å²) in [6.45, 7) is 2.15. The molecule has 2 N–H and O–H groups in total. The molecule has 3 heterocycles. The molecule has 2 aromatic heterocycles. The van der Waals surface area contributed by atoms with E-state index in [9.17, 15) is 0 Å². The van der Waals surface area contributed by atoms with Gasteiger partial charge in [0.1, 0.15) is 16.5 Å². The number of nitrogens with two attached hydrogens (primary N) is 1. The fraction of sp³-hybridized carbons (Fsp3) is 0.500. The van der Waals surface area contributed by atoms with E-state index in [0.717, 1.165) is 22.5 Å². The first-order valence-electron chi connectivity index (χ1n) is 5.95. The summed E-state index contributed by atoms with van der Waals surface area (Å²) in [5.41, 5.74) is 6.04. The van der Waals surface area contributed by atoms with E-state index < -0.39 is 0 Å². The van der Waals surface area contributed by atoms with Crippen LogP contribution >= 0.6 is 23.1 Å².